The van der Waals surface area contributed by atoms with Gasteiger partial charge >= 0.3 is 0 Å². The number of anilines is 2. The van der Waals surface area contributed by atoms with Crippen molar-refractivity contribution in [2.75, 3.05) is 36.5 Å². The Morgan fingerprint density at radius 1 is 1.14 bits per heavy atom. The molecule has 0 aliphatic carbocycles. The van der Waals surface area contributed by atoms with Gasteiger partial charge in [-0.3, -0.25) is 4.79 Å². The van der Waals surface area contributed by atoms with Gasteiger partial charge in [-0.1, -0.05) is 0 Å². The van der Waals surface area contributed by atoms with Crippen molar-refractivity contribution in [1.82, 2.24) is 19.2 Å². The number of hydrogen-bond donors (Lipinski definition) is 1. The number of carbonyl (C=O) groups excluding carboxylic acids is 1. The average Bonchev–Trinajstić information content (AvgIpc) is 3.50. The Bertz CT molecular complexity index is 1390. The van der Waals surface area contributed by atoms with Crippen molar-refractivity contribution in [3.8, 4) is 11.1 Å². The Balaban J connectivity index is 1.51. The third-order valence-corrected chi connectivity index (χ3v) is 6.28. The lowest BCUT2D eigenvalue weighted by Gasteiger charge is -2.29. The number of ether oxygens (including phenoxy) is 1. The number of aromatic nitrogens is 4. The second-order valence-electron chi connectivity index (χ2n) is 9.81. The quantitative estimate of drug-likeness (QED) is 0.470. The molecule has 35 heavy (non-hydrogen) atoms. The third-order valence-electron chi connectivity index (χ3n) is 6.28. The first kappa shape index (κ1) is 23.0. The molecule has 0 atom stereocenters. The maximum Gasteiger partial charge on any atom is 0.275 e. The highest BCUT2D eigenvalue weighted by atomic mass is 19.1. The number of nitrogens with one attached hydrogen (secondary N) is 1. The molecule has 4 heterocycles. The molecule has 8 nitrogen and oxygen atoms in total. The van der Waals surface area contributed by atoms with Crippen molar-refractivity contribution in [3.63, 3.8) is 0 Å². The van der Waals surface area contributed by atoms with Crippen LogP contribution in [0.15, 0.2) is 49.1 Å². The number of morpholine rings is 1. The first-order chi connectivity index (χ1) is 16.7. The Kier molecular flexibility index (Phi) is 5.80. The van der Waals surface area contributed by atoms with Crippen LogP contribution in [0.3, 0.4) is 0 Å². The predicted octanol–water partition coefficient (Wildman–Crippen LogP) is 4.49. The van der Waals surface area contributed by atoms with Crippen LogP contribution in [-0.4, -0.2) is 51.4 Å². The number of hydrogen-bond acceptors (Lipinski definition) is 5. The van der Waals surface area contributed by atoms with E-state index in [1.54, 1.807) is 24.8 Å². The van der Waals surface area contributed by atoms with E-state index in [0.29, 0.717) is 13.2 Å². The molecule has 182 valence electrons. The molecule has 5 rings (SSSR count). The van der Waals surface area contributed by atoms with Crippen LogP contribution in [0.5, 0.6) is 0 Å². The number of imidazole rings is 1. The summed E-state index contributed by atoms with van der Waals surface area (Å²) in [5.41, 5.74) is 3.60. The molecule has 9 heteroatoms. The molecule has 3 aromatic heterocycles. The number of benzene rings is 1. The van der Waals surface area contributed by atoms with Gasteiger partial charge < -0.3 is 19.5 Å². The molecular weight excluding hydrogens is 447 g/mol. The van der Waals surface area contributed by atoms with Gasteiger partial charge in [-0.05, 0) is 74.7 Å². The zero-order valence-electron chi connectivity index (χ0n) is 20.4. The van der Waals surface area contributed by atoms with Gasteiger partial charge in [0.15, 0.2) is 0 Å². The first-order valence-corrected chi connectivity index (χ1v) is 11.7. The minimum Gasteiger partial charge on any atom is -0.378 e. The lowest BCUT2D eigenvalue weighted by atomic mass is 9.99. The van der Waals surface area contributed by atoms with E-state index >= 15 is 0 Å². The van der Waals surface area contributed by atoms with Crippen LogP contribution in [0.2, 0.25) is 0 Å². The van der Waals surface area contributed by atoms with E-state index in [1.165, 1.54) is 6.07 Å². The molecule has 0 spiro atoms. The fourth-order valence-electron chi connectivity index (χ4n) is 4.26. The summed E-state index contributed by atoms with van der Waals surface area (Å²) in [5, 5.41) is 7.19. The van der Waals surface area contributed by atoms with Gasteiger partial charge in [0.25, 0.3) is 5.91 Å². The number of amides is 1. The zero-order chi connectivity index (χ0) is 24.7. The van der Waals surface area contributed by atoms with Crippen molar-refractivity contribution in [2.45, 2.75) is 33.2 Å². The Labute approximate surface area is 203 Å². The number of halogens is 1. The molecule has 1 aromatic carbocycles. The van der Waals surface area contributed by atoms with E-state index in [2.05, 4.69) is 26.4 Å². The van der Waals surface area contributed by atoms with Crippen molar-refractivity contribution < 1.29 is 13.9 Å². The van der Waals surface area contributed by atoms with Crippen molar-refractivity contribution in [1.29, 1.82) is 0 Å². The van der Waals surface area contributed by atoms with E-state index < -0.39 is 11.7 Å². The van der Waals surface area contributed by atoms with Gasteiger partial charge in [0.1, 0.15) is 17.3 Å². The molecule has 0 saturated carbocycles. The highest BCUT2D eigenvalue weighted by Gasteiger charge is 2.20. The van der Waals surface area contributed by atoms with Gasteiger partial charge in [-0.25, -0.2) is 13.9 Å². The molecule has 4 aromatic rings. The molecule has 1 N–H and O–H groups in total. The van der Waals surface area contributed by atoms with Gasteiger partial charge in [0, 0.05) is 24.8 Å². The van der Waals surface area contributed by atoms with Gasteiger partial charge in [-0.15, -0.1) is 0 Å². The molecule has 1 saturated heterocycles. The highest BCUT2D eigenvalue weighted by Crippen LogP contribution is 2.33. The fraction of sp³-hybridized carbons (Fsp3) is 0.346. The molecule has 1 amide bonds. The van der Waals surface area contributed by atoms with Crippen LogP contribution >= 0.6 is 0 Å². The van der Waals surface area contributed by atoms with Crippen LogP contribution in [-0.2, 0) is 10.3 Å². The highest BCUT2D eigenvalue weighted by molar-refractivity contribution is 6.03. The Morgan fingerprint density at radius 2 is 1.91 bits per heavy atom. The van der Waals surface area contributed by atoms with E-state index in [0.717, 1.165) is 41.1 Å². The summed E-state index contributed by atoms with van der Waals surface area (Å²) in [6.07, 6.45) is 5.05. The van der Waals surface area contributed by atoms with Crippen molar-refractivity contribution in [3.05, 3.63) is 66.1 Å². The molecule has 1 fully saturated rings. The number of fused-ring (bicyclic) bond motifs is 1. The SMILES string of the molecule is Cc1cc(F)c(NC(=O)c2cn(C(C)(C)C)cn2)cc1-c1cc(N2CCOCC2)n2nccc2c1. The number of rotatable bonds is 4. The summed E-state index contributed by atoms with van der Waals surface area (Å²) in [6.45, 7) is 10.8. The largest absolute Gasteiger partial charge is 0.378 e. The third kappa shape index (κ3) is 4.51. The molecule has 0 unspecified atom stereocenters. The monoisotopic (exact) mass is 476 g/mol. The number of pyridine rings is 1. The number of aryl methyl sites for hydroxylation is 1. The number of nitrogens with zero attached hydrogens (tertiary/aromatic N) is 5. The predicted molar refractivity (Wildman–Crippen MR) is 134 cm³/mol. The summed E-state index contributed by atoms with van der Waals surface area (Å²) in [4.78, 5) is 19.3. The lowest BCUT2D eigenvalue weighted by molar-refractivity contribution is 0.102. The molecule has 0 bridgehead atoms. The summed E-state index contributed by atoms with van der Waals surface area (Å²) in [5.74, 6) is 0.00321. The molecule has 1 aliphatic heterocycles. The van der Waals surface area contributed by atoms with E-state index in [9.17, 15) is 9.18 Å². The second kappa shape index (κ2) is 8.81. The standard InChI is InChI=1S/C26H29FN6O2/c1-17-11-21(27)22(30-25(34)23-15-32(16-28-23)26(2,3)4)14-20(17)18-12-19-5-6-29-33(19)24(13-18)31-7-9-35-10-8-31/h5-6,11-16H,7-10H2,1-4H3,(H,30,34). The summed E-state index contributed by atoms with van der Waals surface area (Å²) < 4.78 is 24.2. The Morgan fingerprint density at radius 3 is 2.63 bits per heavy atom. The fourth-order valence-corrected chi connectivity index (χ4v) is 4.26. The zero-order valence-corrected chi connectivity index (χ0v) is 20.4. The average molecular weight is 477 g/mol. The van der Waals surface area contributed by atoms with Gasteiger partial charge in [0.2, 0.25) is 0 Å². The molecule has 0 radical (unpaired) electrons. The van der Waals surface area contributed by atoms with E-state index in [-0.39, 0.29) is 16.9 Å². The lowest BCUT2D eigenvalue weighted by Crippen LogP contribution is -2.37. The van der Waals surface area contributed by atoms with Crippen molar-refractivity contribution in [2.24, 2.45) is 0 Å². The van der Waals surface area contributed by atoms with Crippen LogP contribution in [0.1, 0.15) is 36.8 Å². The number of carbonyl (C=O) groups is 1. The van der Waals surface area contributed by atoms with Gasteiger partial charge in [0.05, 0.1) is 36.9 Å². The van der Waals surface area contributed by atoms with Gasteiger partial charge in [-0.2, -0.15) is 5.10 Å². The van der Waals surface area contributed by atoms with Crippen LogP contribution in [0, 0.1) is 12.7 Å². The minimum absolute atomic E-state index is 0.113. The smallest absolute Gasteiger partial charge is 0.275 e. The maximum atomic E-state index is 14.9. The topological polar surface area (TPSA) is 76.7 Å². The van der Waals surface area contributed by atoms with Crippen LogP contribution < -0.4 is 10.2 Å². The molecule has 1 aliphatic rings. The normalized spacial score (nSPS) is 14.5. The van der Waals surface area contributed by atoms with Crippen LogP contribution in [0.4, 0.5) is 15.9 Å². The van der Waals surface area contributed by atoms with Crippen LogP contribution in [0.25, 0.3) is 16.6 Å². The van der Waals surface area contributed by atoms with E-state index in [4.69, 9.17) is 4.74 Å². The first-order valence-electron chi connectivity index (χ1n) is 11.7. The summed E-state index contributed by atoms with van der Waals surface area (Å²) in [6, 6.07) is 9.17. The maximum absolute atomic E-state index is 14.9. The summed E-state index contributed by atoms with van der Waals surface area (Å²) in [7, 11) is 0. The summed E-state index contributed by atoms with van der Waals surface area (Å²) >= 11 is 0. The van der Waals surface area contributed by atoms with Crippen molar-refractivity contribution >= 4 is 22.9 Å². The Hall–Kier alpha value is -3.72. The molecular formula is C26H29FN6O2. The van der Waals surface area contributed by atoms with E-state index in [1.807, 2.05) is 48.9 Å². The second-order valence-corrected chi connectivity index (χ2v) is 9.81. The minimum atomic E-state index is -0.492.